The van der Waals surface area contributed by atoms with E-state index in [0.29, 0.717) is 19.6 Å². The van der Waals surface area contributed by atoms with Gasteiger partial charge in [0.25, 0.3) is 0 Å². The Hall–Kier alpha value is -1.24. The maximum atomic E-state index is 11.0. The molecular formula is C8H12N2O2. The predicted octanol–water partition coefficient (Wildman–Crippen LogP) is 1.13. The fraction of sp³-hybridized carbons (Fsp3) is 0.750. The lowest BCUT2D eigenvalue weighted by Gasteiger charge is -2.21. The van der Waals surface area contributed by atoms with Gasteiger partial charge in [-0.25, -0.2) is 4.79 Å². The summed E-state index contributed by atoms with van der Waals surface area (Å²) in [5, 5.41) is 8.49. The summed E-state index contributed by atoms with van der Waals surface area (Å²) in [7, 11) is 0. The molecule has 0 N–H and O–H groups in total. The van der Waals surface area contributed by atoms with E-state index in [1.807, 2.05) is 6.92 Å². The molecule has 1 atom stereocenters. The molecule has 0 radical (unpaired) electrons. The van der Waals surface area contributed by atoms with Crippen LogP contribution in [0.1, 0.15) is 19.8 Å². The monoisotopic (exact) mass is 168 g/mol. The Labute approximate surface area is 71.7 Å². The zero-order chi connectivity index (χ0) is 8.97. The van der Waals surface area contributed by atoms with Crippen LogP contribution in [0, 0.1) is 11.3 Å². The fourth-order valence-corrected chi connectivity index (χ4v) is 1.32. The molecule has 1 aliphatic heterocycles. The van der Waals surface area contributed by atoms with Gasteiger partial charge in [0, 0.05) is 6.04 Å². The van der Waals surface area contributed by atoms with Crippen LogP contribution in [0.5, 0.6) is 0 Å². The van der Waals surface area contributed by atoms with E-state index in [0.717, 1.165) is 6.42 Å². The van der Waals surface area contributed by atoms with E-state index in [-0.39, 0.29) is 12.1 Å². The number of ether oxygens (including phenoxy) is 1. The quantitative estimate of drug-likeness (QED) is 0.634. The van der Waals surface area contributed by atoms with Gasteiger partial charge < -0.3 is 9.64 Å². The van der Waals surface area contributed by atoms with Crippen molar-refractivity contribution in [3.63, 3.8) is 0 Å². The Morgan fingerprint density at radius 3 is 3.00 bits per heavy atom. The molecule has 1 unspecified atom stereocenters. The van der Waals surface area contributed by atoms with Crippen LogP contribution in [-0.2, 0) is 4.74 Å². The third-order valence-corrected chi connectivity index (χ3v) is 2.03. The molecule has 0 bridgehead atoms. The van der Waals surface area contributed by atoms with E-state index in [1.54, 1.807) is 4.90 Å². The number of nitriles is 1. The van der Waals surface area contributed by atoms with Crippen molar-refractivity contribution in [3.8, 4) is 6.07 Å². The third-order valence-electron chi connectivity index (χ3n) is 2.03. The van der Waals surface area contributed by atoms with E-state index < -0.39 is 0 Å². The van der Waals surface area contributed by atoms with E-state index in [2.05, 4.69) is 6.07 Å². The summed E-state index contributed by atoms with van der Waals surface area (Å²) >= 11 is 0. The van der Waals surface area contributed by atoms with Crippen molar-refractivity contribution in [1.29, 1.82) is 5.26 Å². The molecule has 4 nitrogen and oxygen atoms in total. The average Bonchev–Trinajstić information content (AvgIpc) is 2.47. The van der Waals surface area contributed by atoms with Crippen LogP contribution in [0.3, 0.4) is 0 Å². The van der Waals surface area contributed by atoms with Crippen molar-refractivity contribution in [2.24, 2.45) is 0 Å². The van der Waals surface area contributed by atoms with Gasteiger partial charge in [-0.05, 0) is 6.42 Å². The van der Waals surface area contributed by atoms with E-state index >= 15 is 0 Å². The summed E-state index contributed by atoms with van der Waals surface area (Å²) in [4.78, 5) is 12.7. The zero-order valence-electron chi connectivity index (χ0n) is 7.12. The molecule has 0 aromatic heterocycles. The van der Waals surface area contributed by atoms with E-state index in [9.17, 15) is 4.79 Å². The van der Waals surface area contributed by atoms with Crippen molar-refractivity contribution >= 4 is 6.09 Å². The first-order valence-corrected chi connectivity index (χ1v) is 4.10. The van der Waals surface area contributed by atoms with Gasteiger partial charge in [-0.2, -0.15) is 5.26 Å². The molecule has 0 aromatic carbocycles. The molecule has 0 spiro atoms. The van der Waals surface area contributed by atoms with Crippen LogP contribution >= 0.6 is 0 Å². The maximum Gasteiger partial charge on any atom is 0.410 e. The van der Waals surface area contributed by atoms with E-state index in [4.69, 9.17) is 10.00 Å². The van der Waals surface area contributed by atoms with Crippen molar-refractivity contribution in [3.05, 3.63) is 0 Å². The molecule has 0 aromatic rings. The first kappa shape index (κ1) is 8.85. The van der Waals surface area contributed by atoms with E-state index in [1.165, 1.54) is 0 Å². The molecule has 1 heterocycles. The summed E-state index contributed by atoms with van der Waals surface area (Å²) in [6.45, 7) is 3.05. The number of hydrogen-bond donors (Lipinski definition) is 0. The lowest BCUT2D eigenvalue weighted by molar-refractivity contribution is 0.147. The highest BCUT2D eigenvalue weighted by Crippen LogP contribution is 2.13. The fourth-order valence-electron chi connectivity index (χ4n) is 1.32. The number of carbonyl (C=O) groups is 1. The van der Waals surface area contributed by atoms with Crippen LogP contribution in [0.4, 0.5) is 4.79 Å². The van der Waals surface area contributed by atoms with Gasteiger partial charge in [0.1, 0.15) is 6.61 Å². The number of amides is 1. The largest absolute Gasteiger partial charge is 0.448 e. The number of nitrogens with zero attached hydrogens (tertiary/aromatic N) is 2. The topological polar surface area (TPSA) is 53.3 Å². The highest BCUT2D eigenvalue weighted by Gasteiger charge is 2.27. The standard InChI is InChI=1S/C8H12N2O2/c1-2-7(3-4-9)10-5-6-12-8(10)11/h7H,2-3,5-6H2,1H3. The van der Waals surface area contributed by atoms with Gasteiger partial charge in [0.05, 0.1) is 19.0 Å². The first-order chi connectivity index (χ1) is 5.79. The SMILES string of the molecule is CCC(CC#N)N1CCOC1=O. The minimum Gasteiger partial charge on any atom is -0.448 e. The molecule has 1 amide bonds. The van der Waals surface area contributed by atoms with Crippen LogP contribution in [0.25, 0.3) is 0 Å². The van der Waals surface area contributed by atoms with Crippen molar-refractivity contribution in [2.75, 3.05) is 13.2 Å². The van der Waals surface area contributed by atoms with Gasteiger partial charge in [0.2, 0.25) is 0 Å². The van der Waals surface area contributed by atoms with Crippen molar-refractivity contribution in [2.45, 2.75) is 25.8 Å². The van der Waals surface area contributed by atoms with Crippen molar-refractivity contribution in [1.82, 2.24) is 4.90 Å². The summed E-state index contributed by atoms with van der Waals surface area (Å²) in [6.07, 6.45) is 0.922. The molecule has 1 saturated heterocycles. The normalized spacial score (nSPS) is 18.7. The summed E-state index contributed by atoms with van der Waals surface area (Å²) in [5.74, 6) is 0. The van der Waals surface area contributed by atoms with Crippen molar-refractivity contribution < 1.29 is 9.53 Å². The number of hydrogen-bond acceptors (Lipinski definition) is 3. The second-order valence-electron chi connectivity index (χ2n) is 2.73. The lowest BCUT2D eigenvalue weighted by atomic mass is 10.1. The number of cyclic esters (lactones) is 1. The van der Waals surface area contributed by atoms with Crippen LogP contribution in [-0.4, -0.2) is 30.2 Å². The van der Waals surface area contributed by atoms with Crippen LogP contribution < -0.4 is 0 Å². The Balaban J connectivity index is 2.53. The maximum absolute atomic E-state index is 11.0. The Morgan fingerprint density at radius 2 is 2.58 bits per heavy atom. The third kappa shape index (κ3) is 1.67. The molecule has 0 saturated carbocycles. The average molecular weight is 168 g/mol. The highest BCUT2D eigenvalue weighted by atomic mass is 16.6. The van der Waals surface area contributed by atoms with Gasteiger partial charge in [-0.3, -0.25) is 0 Å². The molecule has 1 rings (SSSR count). The summed E-state index contributed by atoms with van der Waals surface area (Å²) in [6, 6.07) is 2.10. The molecule has 12 heavy (non-hydrogen) atoms. The number of rotatable bonds is 3. The highest BCUT2D eigenvalue weighted by molar-refractivity contribution is 5.69. The van der Waals surface area contributed by atoms with Gasteiger partial charge in [-0.15, -0.1) is 0 Å². The molecule has 1 fully saturated rings. The smallest absolute Gasteiger partial charge is 0.410 e. The Kier molecular flexibility index (Phi) is 2.92. The Morgan fingerprint density at radius 1 is 1.83 bits per heavy atom. The minimum absolute atomic E-state index is 0.0324. The molecule has 4 heteroatoms. The number of carbonyl (C=O) groups excluding carboxylic acids is 1. The molecule has 0 aliphatic carbocycles. The Bertz CT molecular complexity index is 210. The second kappa shape index (κ2) is 3.96. The summed E-state index contributed by atoms with van der Waals surface area (Å²) < 4.78 is 4.77. The predicted molar refractivity (Wildman–Crippen MR) is 42.4 cm³/mol. The molecular weight excluding hydrogens is 156 g/mol. The first-order valence-electron chi connectivity index (χ1n) is 4.10. The second-order valence-corrected chi connectivity index (χ2v) is 2.73. The molecule has 66 valence electrons. The minimum atomic E-state index is -0.280. The van der Waals surface area contributed by atoms with Crippen LogP contribution in [0.15, 0.2) is 0 Å². The zero-order valence-corrected chi connectivity index (χ0v) is 7.12. The summed E-state index contributed by atoms with van der Waals surface area (Å²) in [5.41, 5.74) is 0. The van der Waals surface area contributed by atoms with Gasteiger partial charge in [0.15, 0.2) is 0 Å². The van der Waals surface area contributed by atoms with Crippen LogP contribution in [0.2, 0.25) is 0 Å². The molecule has 1 aliphatic rings. The lowest BCUT2D eigenvalue weighted by Crippen LogP contribution is -2.35. The van der Waals surface area contributed by atoms with Gasteiger partial charge >= 0.3 is 6.09 Å². The van der Waals surface area contributed by atoms with Gasteiger partial charge in [-0.1, -0.05) is 6.92 Å².